The fourth-order valence-electron chi connectivity index (χ4n) is 7.45. The van der Waals surface area contributed by atoms with E-state index in [4.69, 9.17) is 15.1 Å². The molecule has 10 rings (SSSR count). The fraction of sp³-hybridized carbons (Fsp3) is 0.111. The molecule has 8 aromatic rings. The largest absolute Gasteiger partial charge is 0.310 e. The Morgan fingerprint density at radius 3 is 2.10 bits per heavy atom. The predicted octanol–water partition coefficient (Wildman–Crippen LogP) is 10.9. The molecule has 1 unspecified atom stereocenters. The van der Waals surface area contributed by atoms with Crippen molar-refractivity contribution >= 4 is 81.6 Å². The monoisotopic (exact) mass is 678 g/mol. The Kier molecular flexibility index (Phi) is 3.90. The van der Waals surface area contributed by atoms with Crippen molar-refractivity contribution < 1.29 is 20.6 Å². The quantitative estimate of drug-likeness (QED) is 0.168. The highest BCUT2D eigenvalue weighted by Gasteiger charge is 2.47. The van der Waals surface area contributed by atoms with E-state index in [2.05, 4.69) is 0 Å². The number of para-hydroxylation sites is 1. The van der Waals surface area contributed by atoms with Gasteiger partial charge in [0, 0.05) is 36.9 Å². The highest BCUT2D eigenvalue weighted by Crippen LogP contribution is 2.50. The van der Waals surface area contributed by atoms with E-state index in [1.54, 1.807) is 17.0 Å². The van der Waals surface area contributed by atoms with Crippen LogP contribution >= 0.6 is 22.7 Å². The van der Waals surface area contributed by atoms with Crippen molar-refractivity contribution in [3.63, 3.8) is 0 Å². The van der Waals surface area contributed by atoms with E-state index in [0.717, 1.165) is 29.9 Å². The highest BCUT2D eigenvalue weighted by molar-refractivity contribution is 7.40. The van der Waals surface area contributed by atoms with Crippen molar-refractivity contribution in [2.24, 2.45) is 0 Å². The van der Waals surface area contributed by atoms with Gasteiger partial charge in [0.05, 0.1) is 26.2 Å². The van der Waals surface area contributed by atoms with Crippen molar-refractivity contribution in [3.05, 3.63) is 167 Å². The van der Waals surface area contributed by atoms with Gasteiger partial charge in [0.15, 0.2) is 0 Å². The van der Waals surface area contributed by atoms with Gasteiger partial charge in [-0.05, 0) is 90.8 Å². The third kappa shape index (κ3) is 4.37. The average Bonchev–Trinajstić information content (AvgIpc) is 3.84. The smallest absolute Gasteiger partial charge is 0.272 e. The topological polar surface area (TPSA) is 3.24 Å². The molecule has 0 amide bonds. The van der Waals surface area contributed by atoms with E-state index in [9.17, 15) is 5.48 Å². The van der Waals surface area contributed by atoms with Crippen molar-refractivity contribution in [2.75, 3.05) is 4.90 Å². The van der Waals surface area contributed by atoms with Crippen LogP contribution in [-0.4, -0.2) is 6.71 Å². The number of rotatable bonds is 3. The maximum atomic E-state index is 9.45. The molecule has 1 nitrogen and oxygen atoms in total. The lowest BCUT2D eigenvalue weighted by atomic mass is 9.36. The lowest BCUT2D eigenvalue weighted by molar-refractivity contribution is 0.589. The van der Waals surface area contributed by atoms with Crippen molar-refractivity contribution in [1.29, 1.82) is 0 Å². The summed E-state index contributed by atoms with van der Waals surface area (Å²) in [7, 11) is 0. The Bertz CT molecular complexity index is 3340. The maximum absolute atomic E-state index is 9.45. The third-order valence-corrected chi connectivity index (χ3v) is 12.1. The molecule has 2 aliphatic heterocycles. The molecule has 6 aromatic carbocycles. The minimum absolute atomic E-state index is 0.000514. The minimum Gasteiger partial charge on any atom is -0.310 e. The van der Waals surface area contributed by atoms with E-state index in [0.29, 0.717) is 38.9 Å². The SMILES string of the molecule is [2H]c1c([2H])c([2H])c(-c2ccc3sc4c(c3c2)C(c2c([2H])c([2H])c([2H])c([2H])c2[2H])c2cc(C(C)(C)C)cc3c2B4c2sc4ccccc4c2N3c2c([2H])c([2H])c([2H])c([2H])c2[2H])c([2H])c1[2H]. The van der Waals surface area contributed by atoms with E-state index < -0.39 is 96.6 Å². The molecule has 49 heavy (non-hydrogen) atoms. The molecule has 0 saturated heterocycles. The van der Waals surface area contributed by atoms with E-state index in [1.165, 1.54) is 22.7 Å². The van der Waals surface area contributed by atoms with Crippen LogP contribution in [0, 0.1) is 0 Å². The van der Waals surface area contributed by atoms with Gasteiger partial charge in [-0.15, -0.1) is 22.7 Å². The van der Waals surface area contributed by atoms with Gasteiger partial charge in [-0.2, -0.15) is 0 Å². The number of hydrogen-bond donors (Lipinski definition) is 0. The van der Waals surface area contributed by atoms with Crippen molar-refractivity contribution in [2.45, 2.75) is 32.1 Å². The Morgan fingerprint density at radius 1 is 0.673 bits per heavy atom. The molecule has 0 aliphatic carbocycles. The van der Waals surface area contributed by atoms with E-state index >= 15 is 0 Å². The molecule has 0 saturated carbocycles. The number of benzene rings is 6. The van der Waals surface area contributed by atoms with Crippen LogP contribution in [0.3, 0.4) is 0 Å². The summed E-state index contributed by atoms with van der Waals surface area (Å²) in [6, 6.07) is 10.0. The molecular weight excluding hydrogens is 629 g/mol. The number of nitrogens with zero attached hydrogens (tertiary/aromatic N) is 1. The van der Waals surface area contributed by atoms with Crippen molar-refractivity contribution in [1.82, 2.24) is 0 Å². The summed E-state index contributed by atoms with van der Waals surface area (Å²) in [5, 5.41) is 1.41. The molecule has 0 N–H and O–H groups in total. The first-order chi connectivity index (χ1) is 30.2. The number of thiophene rings is 2. The molecule has 234 valence electrons. The van der Waals surface area contributed by atoms with Crippen LogP contribution < -0.4 is 19.9 Å². The summed E-state index contributed by atoms with van der Waals surface area (Å²) >= 11 is 2.96. The van der Waals surface area contributed by atoms with Gasteiger partial charge < -0.3 is 4.90 Å². The zero-order chi connectivity index (χ0) is 45.9. The Balaban J connectivity index is 1.42. The molecule has 0 radical (unpaired) electrons. The highest BCUT2D eigenvalue weighted by atomic mass is 32.1. The molecule has 2 aromatic heterocycles. The second-order valence-corrected chi connectivity index (χ2v) is 15.5. The van der Waals surface area contributed by atoms with Crippen LogP contribution in [0.2, 0.25) is 0 Å². The summed E-state index contributed by atoms with van der Waals surface area (Å²) in [5.74, 6) is -1.03. The summed E-state index contributed by atoms with van der Waals surface area (Å²) < 4.78 is 136. The van der Waals surface area contributed by atoms with Gasteiger partial charge in [-0.1, -0.05) is 130 Å². The molecule has 0 spiro atoms. The second-order valence-electron chi connectivity index (χ2n) is 13.4. The van der Waals surface area contributed by atoms with E-state index in [1.807, 2.05) is 63.2 Å². The average molecular weight is 679 g/mol. The number of fused-ring (bicyclic) bond motifs is 8. The van der Waals surface area contributed by atoms with Gasteiger partial charge in [0.1, 0.15) is 0 Å². The van der Waals surface area contributed by atoms with Gasteiger partial charge in [-0.3, -0.25) is 0 Å². The zero-order valence-electron chi connectivity index (χ0n) is 41.6. The lowest BCUT2D eigenvalue weighted by Crippen LogP contribution is -2.60. The molecule has 1 atom stereocenters. The summed E-state index contributed by atoms with van der Waals surface area (Å²) in [6.07, 6.45) is 0. The van der Waals surface area contributed by atoms with Crippen LogP contribution in [0.15, 0.2) is 145 Å². The van der Waals surface area contributed by atoms with Crippen LogP contribution in [0.5, 0.6) is 0 Å². The Morgan fingerprint density at radius 2 is 1.35 bits per heavy atom. The van der Waals surface area contributed by atoms with Gasteiger partial charge >= 0.3 is 0 Å². The van der Waals surface area contributed by atoms with Gasteiger partial charge in [0.25, 0.3) is 6.71 Å². The van der Waals surface area contributed by atoms with Crippen LogP contribution in [-0.2, 0) is 5.41 Å². The van der Waals surface area contributed by atoms with Gasteiger partial charge in [0.2, 0.25) is 0 Å². The number of hydrogen-bond acceptors (Lipinski definition) is 3. The first-order valence-corrected chi connectivity index (χ1v) is 17.6. The molecule has 4 heterocycles. The van der Waals surface area contributed by atoms with Crippen LogP contribution in [0.25, 0.3) is 31.3 Å². The standard InChI is InChI=1S/C45H34BNS2/c1-45(2,3)31-26-35-39(29-17-9-5-10-18-29)40-34-25-30(28-15-7-4-8-16-28)23-24-38(34)48-43(40)46-41(35)36(27-31)47(32-19-11-6-12-20-32)42-33-21-13-14-22-37(33)49-44(42)46/h4-27,39H,1-3H3/i4D,5D,6D,7D,8D,9D,10D,11D,12D,15D,16D,17D,18D,19D,20D. The summed E-state index contributed by atoms with van der Waals surface area (Å²) in [5.41, 5.74) is 3.63. The first-order valence-electron chi connectivity index (χ1n) is 23.4. The van der Waals surface area contributed by atoms with Crippen LogP contribution in [0.1, 0.15) is 69.5 Å². The Hall–Kier alpha value is -4.90. The van der Waals surface area contributed by atoms with Gasteiger partial charge in [-0.25, -0.2) is 0 Å². The summed E-state index contributed by atoms with van der Waals surface area (Å²) in [6.45, 7) is 5.50. The lowest BCUT2D eigenvalue weighted by Gasteiger charge is -2.42. The normalized spacial score (nSPS) is 19.2. The van der Waals surface area contributed by atoms with Crippen LogP contribution in [0.4, 0.5) is 17.1 Å². The minimum atomic E-state index is -1.03. The molecule has 0 fully saturated rings. The molecular formula is C45H34BNS2. The predicted molar refractivity (Wildman–Crippen MR) is 215 cm³/mol. The van der Waals surface area contributed by atoms with Crippen molar-refractivity contribution in [3.8, 4) is 11.1 Å². The molecule has 0 bridgehead atoms. The Labute approximate surface area is 317 Å². The number of anilines is 3. The molecule has 4 heteroatoms. The molecule has 2 aliphatic rings. The van der Waals surface area contributed by atoms with E-state index in [-0.39, 0.29) is 28.9 Å². The summed E-state index contributed by atoms with van der Waals surface area (Å²) in [4.78, 5) is 1.77. The zero-order valence-corrected chi connectivity index (χ0v) is 28.2. The first kappa shape index (κ1) is 17.7. The second kappa shape index (κ2) is 10.8. The fourth-order valence-corrected chi connectivity index (χ4v) is 10.2. The third-order valence-electron chi connectivity index (χ3n) is 9.59. The maximum Gasteiger partial charge on any atom is 0.272 e.